The van der Waals surface area contributed by atoms with E-state index in [-0.39, 0.29) is 5.95 Å². The van der Waals surface area contributed by atoms with Crippen LogP contribution in [0.4, 0.5) is 17.5 Å². The van der Waals surface area contributed by atoms with Gasteiger partial charge in [0.1, 0.15) is 0 Å². The van der Waals surface area contributed by atoms with E-state index in [0.29, 0.717) is 30.2 Å². The van der Waals surface area contributed by atoms with Gasteiger partial charge in [-0.1, -0.05) is 6.07 Å². The maximum Gasteiger partial charge on any atom is 0.224 e. The quantitative estimate of drug-likeness (QED) is 0.674. The Morgan fingerprint density at radius 2 is 1.88 bits per heavy atom. The van der Waals surface area contributed by atoms with Crippen LogP contribution in [-0.2, 0) is 4.74 Å². The Bertz CT molecular complexity index is 938. The predicted octanol–water partition coefficient (Wildman–Crippen LogP) is 1.40. The predicted molar refractivity (Wildman–Crippen MR) is 97.2 cm³/mol. The van der Waals surface area contributed by atoms with E-state index in [2.05, 4.69) is 19.9 Å². The lowest BCUT2D eigenvalue weighted by molar-refractivity contribution is 0.122. The molecule has 0 amide bonds. The fraction of sp³-hybridized carbons (Fsp3) is 0.294. The molecule has 0 unspecified atom stereocenters. The van der Waals surface area contributed by atoms with Crippen LogP contribution in [-0.4, -0.2) is 46.2 Å². The average Bonchev–Trinajstić information content (AvgIpc) is 2.61. The van der Waals surface area contributed by atoms with Crippen molar-refractivity contribution in [3.05, 3.63) is 30.0 Å². The first-order chi connectivity index (χ1) is 12.1. The number of hydrogen-bond donors (Lipinski definition) is 2. The van der Waals surface area contributed by atoms with Gasteiger partial charge in [-0.15, -0.1) is 0 Å². The summed E-state index contributed by atoms with van der Waals surface area (Å²) in [7, 11) is 0. The number of fused-ring (bicyclic) bond motifs is 1. The molecule has 0 bridgehead atoms. The summed E-state index contributed by atoms with van der Waals surface area (Å²) >= 11 is 0. The largest absolute Gasteiger partial charge is 0.399 e. The zero-order valence-corrected chi connectivity index (χ0v) is 13.9. The van der Waals surface area contributed by atoms with Gasteiger partial charge in [0, 0.05) is 24.3 Å². The molecule has 8 nitrogen and oxygen atoms in total. The standard InChI is InChI=1S/C17H19N7O/c1-10-8-11(18)2-3-12(10)13-9-20-15-14(21-13)16(23-17(19)22-15)24-4-6-25-7-5-24/h2-3,8-9H,4-7,18H2,1H3,(H2,19,20,22,23). The summed E-state index contributed by atoms with van der Waals surface area (Å²) in [5.74, 6) is 0.896. The van der Waals surface area contributed by atoms with Crippen LogP contribution in [0.1, 0.15) is 5.56 Å². The second-order valence-corrected chi connectivity index (χ2v) is 6.01. The van der Waals surface area contributed by atoms with Gasteiger partial charge in [0.2, 0.25) is 5.95 Å². The molecule has 25 heavy (non-hydrogen) atoms. The highest BCUT2D eigenvalue weighted by molar-refractivity contribution is 5.86. The van der Waals surface area contributed by atoms with E-state index >= 15 is 0 Å². The number of ether oxygens (including phenoxy) is 1. The molecule has 0 radical (unpaired) electrons. The SMILES string of the molecule is Cc1cc(N)ccc1-c1cnc2nc(N)nc(N3CCOCC3)c2n1. The van der Waals surface area contributed by atoms with Crippen LogP contribution < -0.4 is 16.4 Å². The summed E-state index contributed by atoms with van der Waals surface area (Å²) in [4.78, 5) is 20.0. The third-order valence-electron chi connectivity index (χ3n) is 4.24. The van der Waals surface area contributed by atoms with Crippen LogP contribution in [0.2, 0.25) is 0 Å². The summed E-state index contributed by atoms with van der Waals surface area (Å²) in [6.07, 6.45) is 1.70. The van der Waals surface area contributed by atoms with Crippen molar-refractivity contribution in [2.24, 2.45) is 0 Å². The normalized spacial score (nSPS) is 14.8. The highest BCUT2D eigenvalue weighted by Crippen LogP contribution is 2.28. The molecule has 8 heteroatoms. The molecule has 0 atom stereocenters. The van der Waals surface area contributed by atoms with Crippen LogP contribution in [0, 0.1) is 6.92 Å². The van der Waals surface area contributed by atoms with Gasteiger partial charge in [0.05, 0.1) is 25.1 Å². The van der Waals surface area contributed by atoms with E-state index in [4.69, 9.17) is 21.2 Å². The average molecular weight is 337 g/mol. The minimum atomic E-state index is 0.194. The maximum atomic E-state index is 5.86. The third-order valence-corrected chi connectivity index (χ3v) is 4.24. The van der Waals surface area contributed by atoms with Gasteiger partial charge in [-0.2, -0.15) is 9.97 Å². The number of nitrogen functional groups attached to an aromatic ring is 2. The first-order valence-corrected chi connectivity index (χ1v) is 8.11. The summed E-state index contributed by atoms with van der Waals surface area (Å²) in [5, 5.41) is 0. The van der Waals surface area contributed by atoms with Crippen molar-refractivity contribution in [2.45, 2.75) is 6.92 Å². The molecule has 4 N–H and O–H groups in total. The molecule has 0 spiro atoms. The number of nitrogens with zero attached hydrogens (tertiary/aromatic N) is 5. The summed E-state index contributed by atoms with van der Waals surface area (Å²) < 4.78 is 5.42. The Hall–Kier alpha value is -3.00. The third kappa shape index (κ3) is 2.91. The van der Waals surface area contributed by atoms with Crippen molar-refractivity contribution in [3.8, 4) is 11.3 Å². The van der Waals surface area contributed by atoms with Crippen molar-refractivity contribution >= 4 is 28.6 Å². The van der Waals surface area contributed by atoms with Crippen LogP contribution in [0.25, 0.3) is 22.4 Å². The summed E-state index contributed by atoms with van der Waals surface area (Å²) in [6.45, 7) is 4.77. The molecule has 1 saturated heterocycles. The first kappa shape index (κ1) is 15.5. The molecule has 0 aliphatic carbocycles. The van der Waals surface area contributed by atoms with Crippen LogP contribution >= 0.6 is 0 Å². The van der Waals surface area contributed by atoms with Gasteiger partial charge in [-0.3, -0.25) is 0 Å². The second kappa shape index (κ2) is 6.14. The molecule has 1 aliphatic rings. The molecular weight excluding hydrogens is 318 g/mol. The number of morpholine rings is 1. The highest BCUT2D eigenvalue weighted by Gasteiger charge is 2.19. The van der Waals surface area contributed by atoms with Gasteiger partial charge in [0.15, 0.2) is 17.0 Å². The molecule has 1 aromatic carbocycles. The Balaban J connectivity index is 1.87. The van der Waals surface area contributed by atoms with Crippen molar-refractivity contribution in [2.75, 3.05) is 42.7 Å². The minimum Gasteiger partial charge on any atom is -0.399 e. The van der Waals surface area contributed by atoms with Gasteiger partial charge in [0.25, 0.3) is 0 Å². The van der Waals surface area contributed by atoms with E-state index < -0.39 is 0 Å². The number of rotatable bonds is 2. The van der Waals surface area contributed by atoms with Crippen LogP contribution in [0.5, 0.6) is 0 Å². The van der Waals surface area contributed by atoms with Crippen molar-refractivity contribution in [1.82, 2.24) is 19.9 Å². The molecule has 4 rings (SSSR count). The lowest BCUT2D eigenvalue weighted by atomic mass is 10.1. The minimum absolute atomic E-state index is 0.194. The van der Waals surface area contributed by atoms with Gasteiger partial charge < -0.3 is 21.1 Å². The maximum absolute atomic E-state index is 5.86. The molecule has 128 valence electrons. The number of aromatic nitrogens is 4. The van der Waals surface area contributed by atoms with E-state index in [1.165, 1.54) is 0 Å². The van der Waals surface area contributed by atoms with Gasteiger partial charge in [-0.25, -0.2) is 9.97 Å². The monoisotopic (exact) mass is 337 g/mol. The van der Waals surface area contributed by atoms with E-state index in [9.17, 15) is 0 Å². The number of anilines is 3. The Morgan fingerprint density at radius 3 is 2.64 bits per heavy atom. The highest BCUT2D eigenvalue weighted by atomic mass is 16.5. The first-order valence-electron chi connectivity index (χ1n) is 8.11. The Labute approximate surface area is 144 Å². The Kier molecular flexibility index (Phi) is 3.81. The van der Waals surface area contributed by atoms with E-state index in [1.54, 1.807) is 6.20 Å². The van der Waals surface area contributed by atoms with Gasteiger partial charge in [-0.05, 0) is 24.6 Å². The van der Waals surface area contributed by atoms with Crippen LogP contribution in [0.15, 0.2) is 24.4 Å². The molecular formula is C17H19N7O. The Morgan fingerprint density at radius 1 is 1.08 bits per heavy atom. The molecule has 1 fully saturated rings. The fourth-order valence-corrected chi connectivity index (χ4v) is 3.01. The molecule has 1 aliphatic heterocycles. The van der Waals surface area contributed by atoms with Crippen molar-refractivity contribution in [1.29, 1.82) is 0 Å². The van der Waals surface area contributed by atoms with Crippen molar-refractivity contribution in [3.63, 3.8) is 0 Å². The number of nitrogens with two attached hydrogens (primary N) is 2. The number of benzene rings is 1. The van der Waals surface area contributed by atoms with E-state index in [1.807, 2.05) is 25.1 Å². The topological polar surface area (TPSA) is 116 Å². The molecule has 0 saturated carbocycles. The van der Waals surface area contributed by atoms with Crippen molar-refractivity contribution < 1.29 is 4.74 Å². The van der Waals surface area contributed by atoms with Crippen LogP contribution in [0.3, 0.4) is 0 Å². The zero-order chi connectivity index (χ0) is 17.4. The molecule has 3 aromatic rings. The second-order valence-electron chi connectivity index (χ2n) is 6.01. The van der Waals surface area contributed by atoms with E-state index in [0.717, 1.165) is 35.6 Å². The number of hydrogen-bond acceptors (Lipinski definition) is 8. The zero-order valence-electron chi connectivity index (χ0n) is 13.9. The smallest absolute Gasteiger partial charge is 0.224 e. The fourth-order valence-electron chi connectivity index (χ4n) is 3.01. The summed E-state index contributed by atoms with van der Waals surface area (Å²) in [6, 6.07) is 5.73. The number of aryl methyl sites for hydroxylation is 1. The molecule has 3 heterocycles. The summed E-state index contributed by atoms with van der Waals surface area (Å²) in [5.41, 5.74) is 16.3. The lowest BCUT2D eigenvalue weighted by Gasteiger charge is -2.28. The van der Waals surface area contributed by atoms with Gasteiger partial charge >= 0.3 is 0 Å². The molecule has 2 aromatic heterocycles. The lowest BCUT2D eigenvalue weighted by Crippen LogP contribution is -2.37.